The van der Waals surface area contributed by atoms with Crippen LogP contribution >= 0.6 is 0 Å². The number of aromatic nitrogens is 2. The summed E-state index contributed by atoms with van der Waals surface area (Å²) in [4.78, 5) is 8.13. The van der Waals surface area contributed by atoms with Crippen molar-refractivity contribution in [3.63, 3.8) is 0 Å². The van der Waals surface area contributed by atoms with Crippen LogP contribution in [0.3, 0.4) is 0 Å². The molecule has 1 fully saturated rings. The third-order valence-electron chi connectivity index (χ3n) is 3.74. The Bertz CT molecular complexity index is 498. The molecule has 3 heterocycles. The minimum atomic E-state index is -4.42. The van der Waals surface area contributed by atoms with Crippen molar-refractivity contribution in [2.24, 2.45) is 5.92 Å². The fourth-order valence-corrected chi connectivity index (χ4v) is 2.72. The summed E-state index contributed by atoms with van der Waals surface area (Å²) in [5.41, 5.74) is -0.0289. The number of alkyl halides is 3. The molecule has 1 saturated heterocycles. The molecule has 0 amide bonds. The molecule has 110 valence electrons. The van der Waals surface area contributed by atoms with Gasteiger partial charge < -0.3 is 10.1 Å². The normalized spacial score (nSPS) is 22.9. The molecule has 0 spiro atoms. The van der Waals surface area contributed by atoms with E-state index in [4.69, 9.17) is 4.74 Å². The second kappa shape index (κ2) is 5.29. The minimum absolute atomic E-state index is 0.191. The van der Waals surface area contributed by atoms with Gasteiger partial charge in [0, 0.05) is 44.7 Å². The van der Waals surface area contributed by atoms with Crippen molar-refractivity contribution in [2.45, 2.75) is 32.0 Å². The zero-order chi connectivity index (χ0) is 14.2. The van der Waals surface area contributed by atoms with E-state index in [9.17, 15) is 13.2 Å². The predicted octanol–water partition coefficient (Wildman–Crippen LogP) is 1.72. The van der Waals surface area contributed by atoms with Crippen LogP contribution in [0.25, 0.3) is 0 Å². The molecule has 2 aliphatic rings. The highest BCUT2D eigenvalue weighted by Crippen LogP contribution is 2.33. The molecule has 1 aromatic rings. The van der Waals surface area contributed by atoms with Crippen molar-refractivity contribution in [1.29, 1.82) is 0 Å². The Labute approximate surface area is 114 Å². The average Bonchev–Trinajstić information content (AvgIpc) is 2.89. The third kappa shape index (κ3) is 2.78. The number of nitrogens with one attached hydrogen (secondary N) is 1. The van der Waals surface area contributed by atoms with Crippen molar-refractivity contribution >= 4 is 0 Å². The predicted molar refractivity (Wildman–Crippen MR) is 65.1 cm³/mol. The van der Waals surface area contributed by atoms with Crippen LogP contribution in [-0.4, -0.2) is 29.7 Å². The molecule has 0 radical (unpaired) electrons. The summed E-state index contributed by atoms with van der Waals surface area (Å²) in [5.74, 6) is 0.532. The lowest BCUT2D eigenvalue weighted by Crippen LogP contribution is -2.29. The van der Waals surface area contributed by atoms with E-state index in [0.29, 0.717) is 44.1 Å². The quantitative estimate of drug-likeness (QED) is 0.899. The van der Waals surface area contributed by atoms with Gasteiger partial charge in [-0.1, -0.05) is 0 Å². The Morgan fingerprint density at radius 2 is 2.15 bits per heavy atom. The maximum atomic E-state index is 13.1. The molecular formula is C13H16F3N3O. The van der Waals surface area contributed by atoms with Crippen LogP contribution in [0, 0.1) is 5.92 Å². The molecule has 4 nitrogen and oxygen atoms in total. The molecule has 20 heavy (non-hydrogen) atoms. The van der Waals surface area contributed by atoms with Crippen LogP contribution < -0.4 is 5.32 Å². The first-order chi connectivity index (χ1) is 9.54. The Balaban J connectivity index is 1.94. The highest BCUT2D eigenvalue weighted by atomic mass is 19.4. The van der Waals surface area contributed by atoms with Gasteiger partial charge in [0.1, 0.15) is 5.82 Å². The van der Waals surface area contributed by atoms with Gasteiger partial charge in [0.15, 0.2) is 5.69 Å². The molecule has 1 unspecified atom stereocenters. The monoisotopic (exact) mass is 287 g/mol. The van der Waals surface area contributed by atoms with Crippen LogP contribution in [0.5, 0.6) is 0 Å². The summed E-state index contributed by atoms with van der Waals surface area (Å²) >= 11 is 0. The number of nitrogens with zero attached hydrogens (tertiary/aromatic N) is 2. The SMILES string of the molecule is FC(F)(F)c1nc(CC2CCOC2)nc2c1CNCC2. The second-order valence-corrected chi connectivity index (χ2v) is 5.27. The maximum Gasteiger partial charge on any atom is 0.433 e. The van der Waals surface area contributed by atoms with E-state index in [1.165, 1.54) is 0 Å². The number of hydrogen-bond donors (Lipinski definition) is 1. The lowest BCUT2D eigenvalue weighted by Gasteiger charge is -2.21. The van der Waals surface area contributed by atoms with Crippen molar-refractivity contribution in [2.75, 3.05) is 19.8 Å². The highest BCUT2D eigenvalue weighted by Gasteiger charge is 2.38. The van der Waals surface area contributed by atoms with Crippen molar-refractivity contribution in [3.05, 3.63) is 22.8 Å². The van der Waals surface area contributed by atoms with Crippen LogP contribution in [0.4, 0.5) is 13.2 Å². The summed E-state index contributed by atoms with van der Waals surface area (Å²) in [6.07, 6.45) is -2.57. The molecule has 0 aliphatic carbocycles. The first-order valence-corrected chi connectivity index (χ1v) is 6.78. The lowest BCUT2D eigenvalue weighted by atomic mass is 10.0. The van der Waals surface area contributed by atoms with Gasteiger partial charge in [0.2, 0.25) is 0 Å². The molecular weight excluding hydrogens is 271 g/mol. The van der Waals surface area contributed by atoms with Gasteiger partial charge in [0.05, 0.1) is 5.69 Å². The summed E-state index contributed by atoms with van der Waals surface area (Å²) in [6.45, 7) is 2.11. The van der Waals surface area contributed by atoms with Gasteiger partial charge >= 0.3 is 6.18 Å². The van der Waals surface area contributed by atoms with Gasteiger partial charge in [-0.05, 0) is 12.3 Å². The number of ether oxygens (including phenoxy) is 1. The Morgan fingerprint density at radius 1 is 1.30 bits per heavy atom. The van der Waals surface area contributed by atoms with E-state index in [2.05, 4.69) is 15.3 Å². The lowest BCUT2D eigenvalue weighted by molar-refractivity contribution is -0.142. The fraction of sp³-hybridized carbons (Fsp3) is 0.692. The van der Waals surface area contributed by atoms with Crippen molar-refractivity contribution in [1.82, 2.24) is 15.3 Å². The molecule has 3 rings (SSSR count). The molecule has 0 bridgehead atoms. The smallest absolute Gasteiger partial charge is 0.381 e. The van der Waals surface area contributed by atoms with Crippen LogP contribution in [0.2, 0.25) is 0 Å². The number of hydrogen-bond acceptors (Lipinski definition) is 4. The zero-order valence-corrected chi connectivity index (χ0v) is 11.0. The van der Waals surface area contributed by atoms with E-state index in [-0.39, 0.29) is 18.0 Å². The molecule has 1 N–H and O–H groups in total. The topological polar surface area (TPSA) is 47.0 Å². The average molecular weight is 287 g/mol. The maximum absolute atomic E-state index is 13.1. The Morgan fingerprint density at radius 3 is 2.85 bits per heavy atom. The van der Waals surface area contributed by atoms with Gasteiger partial charge in [0.25, 0.3) is 0 Å². The third-order valence-corrected chi connectivity index (χ3v) is 3.74. The highest BCUT2D eigenvalue weighted by molar-refractivity contribution is 5.30. The molecule has 1 atom stereocenters. The molecule has 1 aromatic heterocycles. The summed E-state index contributed by atoms with van der Waals surface area (Å²) in [7, 11) is 0. The number of rotatable bonds is 2. The van der Waals surface area contributed by atoms with Crippen LogP contribution in [0.1, 0.15) is 29.2 Å². The minimum Gasteiger partial charge on any atom is -0.381 e. The molecule has 0 aromatic carbocycles. The summed E-state index contributed by atoms with van der Waals surface area (Å²) in [6, 6.07) is 0. The van der Waals surface area contributed by atoms with E-state index in [1.807, 2.05) is 0 Å². The van der Waals surface area contributed by atoms with E-state index in [1.54, 1.807) is 0 Å². The second-order valence-electron chi connectivity index (χ2n) is 5.27. The molecule has 0 saturated carbocycles. The van der Waals surface area contributed by atoms with Gasteiger partial charge in [-0.3, -0.25) is 0 Å². The largest absolute Gasteiger partial charge is 0.433 e. The van der Waals surface area contributed by atoms with Crippen LogP contribution in [0.15, 0.2) is 0 Å². The number of fused-ring (bicyclic) bond motifs is 1. The molecule has 7 heteroatoms. The standard InChI is InChI=1S/C13H16F3N3O/c14-13(15,16)12-9-6-17-3-1-10(9)18-11(19-12)5-8-2-4-20-7-8/h8,17H,1-7H2. The van der Waals surface area contributed by atoms with E-state index < -0.39 is 11.9 Å². The molecule has 2 aliphatic heterocycles. The van der Waals surface area contributed by atoms with Gasteiger partial charge in [-0.15, -0.1) is 0 Å². The Hall–Kier alpha value is -1.21. The van der Waals surface area contributed by atoms with E-state index >= 15 is 0 Å². The fourth-order valence-electron chi connectivity index (χ4n) is 2.72. The first-order valence-electron chi connectivity index (χ1n) is 6.78. The van der Waals surface area contributed by atoms with Gasteiger partial charge in [-0.2, -0.15) is 13.2 Å². The van der Waals surface area contributed by atoms with Crippen molar-refractivity contribution in [3.8, 4) is 0 Å². The van der Waals surface area contributed by atoms with Crippen LogP contribution in [-0.2, 0) is 30.3 Å². The first kappa shape index (κ1) is 13.8. The summed E-state index contributed by atoms with van der Waals surface area (Å²) in [5, 5.41) is 2.95. The zero-order valence-electron chi connectivity index (χ0n) is 11.0. The van der Waals surface area contributed by atoms with E-state index in [0.717, 1.165) is 6.42 Å². The Kier molecular flexibility index (Phi) is 3.64. The van der Waals surface area contributed by atoms with Gasteiger partial charge in [-0.25, -0.2) is 9.97 Å². The van der Waals surface area contributed by atoms with Crippen molar-refractivity contribution < 1.29 is 17.9 Å². The summed E-state index contributed by atoms with van der Waals surface area (Å²) < 4.78 is 44.6. The number of halogens is 3.